The summed E-state index contributed by atoms with van der Waals surface area (Å²) in [5.41, 5.74) is 17.4. The maximum absolute atomic E-state index is 5.59. The Balaban J connectivity index is 1.17. The molecule has 7 aromatic carbocycles. The molecule has 2 aliphatic carbocycles. The molecule has 12 rings (SSSR count). The van der Waals surface area contributed by atoms with Crippen LogP contribution in [0.15, 0.2) is 182 Å². The van der Waals surface area contributed by atoms with Gasteiger partial charge in [0, 0.05) is 49.9 Å². The zero-order valence-corrected chi connectivity index (χ0v) is 31.2. The molecule has 0 N–H and O–H groups in total. The van der Waals surface area contributed by atoms with Crippen molar-refractivity contribution in [2.75, 3.05) is 0 Å². The molecule has 268 valence electrons. The second kappa shape index (κ2) is 12.6. The lowest BCUT2D eigenvalue weighted by Gasteiger charge is -2.19. The molecule has 0 bridgehead atoms. The summed E-state index contributed by atoms with van der Waals surface area (Å²) in [5, 5.41) is 3.76. The third kappa shape index (κ3) is 4.94. The van der Waals surface area contributed by atoms with E-state index in [1.807, 2.05) is 0 Å². The monoisotopic (exact) mass is 728 g/mol. The van der Waals surface area contributed by atoms with Crippen molar-refractivity contribution < 1.29 is 0 Å². The molecule has 0 radical (unpaired) electrons. The smallest absolute Gasteiger partial charge is 0.141 e. The van der Waals surface area contributed by atoms with Gasteiger partial charge < -0.3 is 9.13 Å². The van der Waals surface area contributed by atoms with Crippen molar-refractivity contribution in [2.45, 2.75) is 18.8 Å². The van der Waals surface area contributed by atoms with Crippen molar-refractivity contribution in [1.82, 2.24) is 19.1 Å². The maximum Gasteiger partial charge on any atom is 0.141 e. The minimum Gasteiger partial charge on any atom is -0.313 e. The molecular weight excluding hydrogens is 693 g/mol. The van der Waals surface area contributed by atoms with E-state index in [4.69, 9.17) is 9.97 Å². The number of hydrogen-bond acceptors (Lipinski definition) is 2. The predicted octanol–water partition coefficient (Wildman–Crippen LogP) is 13.0. The molecule has 10 aromatic rings. The first-order valence-corrected chi connectivity index (χ1v) is 19.8. The third-order valence-electron chi connectivity index (χ3n) is 12.0. The quantitative estimate of drug-likeness (QED) is 0.177. The van der Waals surface area contributed by atoms with Crippen molar-refractivity contribution in [2.24, 2.45) is 0 Å². The lowest BCUT2D eigenvalue weighted by Crippen LogP contribution is -2.08. The fraction of sp³-hybridized carbons (Fsp3) is 0.0566. The molecule has 0 amide bonds. The minimum atomic E-state index is -0.0907. The van der Waals surface area contributed by atoms with Gasteiger partial charge in [0.2, 0.25) is 0 Å². The average molecular weight is 729 g/mol. The van der Waals surface area contributed by atoms with E-state index in [-0.39, 0.29) is 5.92 Å². The first kappa shape index (κ1) is 32.0. The molecule has 0 fully saturated rings. The van der Waals surface area contributed by atoms with Gasteiger partial charge in [-0.05, 0) is 77.6 Å². The molecular formula is C53H36N4. The van der Waals surface area contributed by atoms with Crippen LogP contribution in [0.1, 0.15) is 40.5 Å². The third-order valence-corrected chi connectivity index (χ3v) is 12.0. The molecule has 3 aromatic heterocycles. The molecule has 4 heteroatoms. The van der Waals surface area contributed by atoms with E-state index in [1.54, 1.807) is 0 Å². The molecule has 0 aliphatic heterocycles. The summed E-state index contributed by atoms with van der Waals surface area (Å²) in [5.74, 6) is 0.716. The SMILES string of the molecule is C1=Cc2c(n(-c3cc(-c4cc(-c5ccccc5)nc(C5c6ccccc6-c6ccccc65)n4)cc(-n4c5ccccc5c5ccccc54)c3)c3ccccc23)CC1. The van der Waals surface area contributed by atoms with E-state index < -0.39 is 0 Å². The van der Waals surface area contributed by atoms with Gasteiger partial charge in [0.25, 0.3) is 0 Å². The Labute approximate surface area is 330 Å². The van der Waals surface area contributed by atoms with Gasteiger partial charge in [-0.15, -0.1) is 0 Å². The highest BCUT2D eigenvalue weighted by Gasteiger charge is 2.32. The van der Waals surface area contributed by atoms with Crippen molar-refractivity contribution in [3.63, 3.8) is 0 Å². The summed E-state index contributed by atoms with van der Waals surface area (Å²) in [6.07, 6.45) is 6.62. The Kier molecular flexibility index (Phi) is 7.08. The Morgan fingerprint density at radius 2 is 0.982 bits per heavy atom. The fourth-order valence-corrected chi connectivity index (χ4v) is 9.60. The van der Waals surface area contributed by atoms with Crippen LogP contribution < -0.4 is 0 Å². The maximum atomic E-state index is 5.59. The van der Waals surface area contributed by atoms with Crippen LogP contribution in [0.3, 0.4) is 0 Å². The number of hydrogen-bond donors (Lipinski definition) is 0. The molecule has 57 heavy (non-hydrogen) atoms. The first-order valence-electron chi connectivity index (χ1n) is 19.8. The van der Waals surface area contributed by atoms with E-state index in [0.29, 0.717) is 0 Å². The Bertz CT molecular complexity index is 3160. The zero-order chi connectivity index (χ0) is 37.5. The number of benzene rings is 7. The molecule has 0 saturated heterocycles. The minimum absolute atomic E-state index is 0.0907. The molecule has 4 nitrogen and oxygen atoms in total. The van der Waals surface area contributed by atoms with Crippen molar-refractivity contribution in [1.29, 1.82) is 0 Å². The largest absolute Gasteiger partial charge is 0.313 e. The average Bonchev–Trinajstić information content (AvgIpc) is 3.92. The molecule has 3 heterocycles. The van der Waals surface area contributed by atoms with Gasteiger partial charge in [-0.25, -0.2) is 9.97 Å². The van der Waals surface area contributed by atoms with Crippen LogP contribution in [0.25, 0.3) is 83.8 Å². The highest BCUT2D eigenvalue weighted by atomic mass is 15.0. The van der Waals surface area contributed by atoms with Gasteiger partial charge in [0.05, 0.1) is 33.9 Å². The molecule has 0 spiro atoms. The van der Waals surface area contributed by atoms with Crippen LogP contribution in [0.5, 0.6) is 0 Å². The molecule has 0 saturated carbocycles. The van der Waals surface area contributed by atoms with Gasteiger partial charge in [-0.3, -0.25) is 0 Å². The van der Waals surface area contributed by atoms with E-state index >= 15 is 0 Å². The van der Waals surface area contributed by atoms with Crippen molar-refractivity contribution in [3.8, 4) is 45.0 Å². The summed E-state index contributed by atoms with van der Waals surface area (Å²) in [4.78, 5) is 11.0. The van der Waals surface area contributed by atoms with Gasteiger partial charge >= 0.3 is 0 Å². The van der Waals surface area contributed by atoms with Gasteiger partial charge in [-0.2, -0.15) is 0 Å². The lowest BCUT2D eigenvalue weighted by molar-refractivity contribution is 0.878. The second-order valence-corrected chi connectivity index (χ2v) is 15.2. The van der Waals surface area contributed by atoms with Gasteiger partial charge in [0.1, 0.15) is 5.82 Å². The van der Waals surface area contributed by atoms with Crippen LogP contribution in [0, 0.1) is 0 Å². The fourth-order valence-electron chi connectivity index (χ4n) is 9.60. The predicted molar refractivity (Wildman–Crippen MR) is 234 cm³/mol. The Morgan fingerprint density at radius 3 is 1.65 bits per heavy atom. The Morgan fingerprint density at radius 1 is 0.456 bits per heavy atom. The number of fused-ring (bicyclic) bond motifs is 9. The second-order valence-electron chi connectivity index (χ2n) is 15.2. The normalized spacial score (nSPS) is 13.3. The first-order chi connectivity index (χ1) is 28.3. The van der Waals surface area contributed by atoms with Gasteiger partial charge in [-0.1, -0.05) is 146 Å². The summed E-state index contributed by atoms with van der Waals surface area (Å²) in [6, 6.07) is 63.6. The number of nitrogens with zero attached hydrogens (tertiary/aromatic N) is 4. The molecule has 0 atom stereocenters. The number of para-hydroxylation sites is 3. The number of aromatic nitrogens is 4. The Hall–Kier alpha value is -7.30. The highest BCUT2D eigenvalue weighted by Crippen LogP contribution is 2.48. The molecule has 0 unspecified atom stereocenters. The topological polar surface area (TPSA) is 35.6 Å². The van der Waals surface area contributed by atoms with Crippen LogP contribution in [-0.4, -0.2) is 19.1 Å². The van der Waals surface area contributed by atoms with Crippen LogP contribution in [0.4, 0.5) is 0 Å². The van der Waals surface area contributed by atoms with E-state index in [0.717, 1.165) is 52.6 Å². The number of allylic oxidation sites excluding steroid dienone is 1. The van der Waals surface area contributed by atoms with Crippen LogP contribution in [-0.2, 0) is 6.42 Å². The summed E-state index contributed by atoms with van der Waals surface area (Å²) >= 11 is 0. The van der Waals surface area contributed by atoms with Crippen LogP contribution in [0.2, 0.25) is 0 Å². The highest BCUT2D eigenvalue weighted by molar-refractivity contribution is 6.09. The summed E-state index contributed by atoms with van der Waals surface area (Å²) < 4.78 is 4.93. The van der Waals surface area contributed by atoms with Gasteiger partial charge in [0.15, 0.2) is 0 Å². The van der Waals surface area contributed by atoms with Crippen LogP contribution >= 0.6 is 0 Å². The number of rotatable bonds is 5. The summed E-state index contributed by atoms with van der Waals surface area (Å²) in [7, 11) is 0. The summed E-state index contributed by atoms with van der Waals surface area (Å²) in [6.45, 7) is 0. The standard InChI is InChI=1S/C53H36N4/c1-2-16-34(17-3-1)46-33-47(55-53(54-46)52-44-24-6-4-18-38(44)39-19-5-7-25-45(39)52)35-30-36(56-48-26-12-8-20-40(48)41-21-9-13-27-49(41)56)32-37(31-35)57-50-28-14-10-22-42(50)43-23-11-15-29-51(43)57/h1-14,16-28,30-33,52H,15,29H2. The lowest BCUT2D eigenvalue weighted by atomic mass is 9.95. The van der Waals surface area contributed by atoms with E-state index in [9.17, 15) is 0 Å². The van der Waals surface area contributed by atoms with Crippen molar-refractivity contribution >= 4 is 38.8 Å². The van der Waals surface area contributed by atoms with Crippen molar-refractivity contribution in [3.05, 3.63) is 210 Å². The van der Waals surface area contributed by atoms with E-state index in [1.165, 1.54) is 66.2 Å². The molecule has 2 aliphatic rings. The van der Waals surface area contributed by atoms with E-state index in [2.05, 4.69) is 197 Å². The zero-order valence-electron chi connectivity index (χ0n) is 31.2.